The van der Waals surface area contributed by atoms with Gasteiger partial charge >= 0.3 is 5.97 Å². The third kappa shape index (κ3) is 3.00. The van der Waals surface area contributed by atoms with E-state index in [0.717, 1.165) is 0 Å². The van der Waals surface area contributed by atoms with Gasteiger partial charge in [-0.3, -0.25) is 24.6 Å². The van der Waals surface area contributed by atoms with Crippen LogP contribution in [0.5, 0.6) is 0 Å². The van der Waals surface area contributed by atoms with E-state index in [1.54, 1.807) is 6.92 Å². The highest BCUT2D eigenvalue weighted by molar-refractivity contribution is 6.06. The molecule has 0 aromatic carbocycles. The van der Waals surface area contributed by atoms with E-state index in [2.05, 4.69) is 5.32 Å². The summed E-state index contributed by atoms with van der Waals surface area (Å²) in [6, 6.07) is -0.830. The molecule has 1 fully saturated rings. The van der Waals surface area contributed by atoms with Gasteiger partial charge in [-0.15, -0.1) is 0 Å². The zero-order chi connectivity index (χ0) is 15.5. The molecule has 1 rings (SSSR count). The molecule has 0 bridgehead atoms. The van der Waals surface area contributed by atoms with Crippen molar-refractivity contribution >= 4 is 17.8 Å². The summed E-state index contributed by atoms with van der Waals surface area (Å²) in [7, 11) is 0. The second-order valence-electron chi connectivity index (χ2n) is 5.46. The number of hydrogen-bond acceptors (Lipinski definition) is 4. The second-order valence-corrected chi connectivity index (χ2v) is 5.46. The average Bonchev–Trinajstić information content (AvgIpc) is 2.67. The van der Waals surface area contributed by atoms with Crippen LogP contribution < -0.4 is 5.32 Å². The number of nitrogens with one attached hydrogen (secondary N) is 1. The van der Waals surface area contributed by atoms with Crippen molar-refractivity contribution in [1.29, 1.82) is 0 Å². The van der Waals surface area contributed by atoms with Crippen molar-refractivity contribution in [3.63, 3.8) is 0 Å². The van der Waals surface area contributed by atoms with E-state index in [4.69, 9.17) is 0 Å². The van der Waals surface area contributed by atoms with Gasteiger partial charge < -0.3 is 5.11 Å². The van der Waals surface area contributed by atoms with Gasteiger partial charge in [0.25, 0.3) is 0 Å². The highest BCUT2D eigenvalue weighted by atomic mass is 16.4. The lowest BCUT2D eigenvalue weighted by molar-refractivity contribution is -0.145. The molecule has 0 aromatic rings. The van der Waals surface area contributed by atoms with Crippen LogP contribution in [0.25, 0.3) is 0 Å². The number of imide groups is 1. The smallest absolute Gasteiger partial charge is 0.323 e. The molecular formula is C14H24N2O4. The standard InChI is InChI=1S/C14H24N2O4/c1-5-9(6-2)16-11(17)8-10(12(16)18)15-14(4,7-3)13(19)20/h9-10,15H,5-8H2,1-4H3,(H,19,20). The van der Waals surface area contributed by atoms with Crippen LogP contribution >= 0.6 is 0 Å². The Morgan fingerprint density at radius 1 is 1.40 bits per heavy atom. The van der Waals surface area contributed by atoms with Crippen molar-refractivity contribution in [3.05, 3.63) is 0 Å². The minimum atomic E-state index is -1.19. The number of hydrogen-bond donors (Lipinski definition) is 2. The Labute approximate surface area is 119 Å². The van der Waals surface area contributed by atoms with Crippen LogP contribution in [-0.2, 0) is 14.4 Å². The van der Waals surface area contributed by atoms with Crippen molar-refractivity contribution in [2.45, 2.75) is 71.0 Å². The maximum absolute atomic E-state index is 12.3. The third-order valence-corrected chi connectivity index (χ3v) is 4.16. The minimum Gasteiger partial charge on any atom is -0.480 e. The number of carboxylic acid groups (broad SMARTS) is 1. The highest BCUT2D eigenvalue weighted by Gasteiger charge is 2.45. The average molecular weight is 284 g/mol. The van der Waals surface area contributed by atoms with Gasteiger partial charge in [0.15, 0.2) is 0 Å². The van der Waals surface area contributed by atoms with Gasteiger partial charge in [0.2, 0.25) is 11.8 Å². The monoisotopic (exact) mass is 284 g/mol. The first-order valence-electron chi connectivity index (χ1n) is 7.17. The number of carbonyl (C=O) groups is 3. The molecule has 0 aromatic heterocycles. The first-order chi connectivity index (χ1) is 9.30. The first-order valence-corrected chi connectivity index (χ1v) is 7.17. The summed E-state index contributed by atoms with van der Waals surface area (Å²) in [4.78, 5) is 36.9. The zero-order valence-electron chi connectivity index (χ0n) is 12.6. The van der Waals surface area contributed by atoms with E-state index in [1.807, 2.05) is 13.8 Å². The summed E-state index contributed by atoms with van der Waals surface area (Å²) in [6.45, 7) is 7.14. The van der Waals surface area contributed by atoms with Crippen LogP contribution in [0.3, 0.4) is 0 Å². The largest absolute Gasteiger partial charge is 0.480 e. The van der Waals surface area contributed by atoms with Gasteiger partial charge in [-0.1, -0.05) is 20.8 Å². The van der Waals surface area contributed by atoms with Crippen LogP contribution in [0, 0.1) is 0 Å². The molecule has 2 atom stereocenters. The Kier molecular flexibility index (Phi) is 5.28. The number of aliphatic carboxylic acids is 1. The van der Waals surface area contributed by atoms with Crippen molar-refractivity contribution in [2.24, 2.45) is 0 Å². The predicted octanol–water partition coefficient (Wildman–Crippen LogP) is 1.15. The fourth-order valence-electron chi connectivity index (χ4n) is 2.50. The van der Waals surface area contributed by atoms with Gasteiger partial charge in [0, 0.05) is 6.04 Å². The predicted molar refractivity (Wildman–Crippen MR) is 74.1 cm³/mol. The lowest BCUT2D eigenvalue weighted by Crippen LogP contribution is -2.56. The van der Waals surface area contributed by atoms with Gasteiger partial charge in [0.1, 0.15) is 5.54 Å². The Morgan fingerprint density at radius 3 is 2.35 bits per heavy atom. The maximum Gasteiger partial charge on any atom is 0.323 e. The van der Waals surface area contributed by atoms with Crippen molar-refractivity contribution < 1.29 is 19.5 Å². The van der Waals surface area contributed by atoms with Gasteiger partial charge in [-0.25, -0.2) is 0 Å². The highest BCUT2D eigenvalue weighted by Crippen LogP contribution is 2.22. The Balaban J connectivity index is 2.88. The maximum atomic E-state index is 12.3. The number of carboxylic acids is 1. The molecule has 20 heavy (non-hydrogen) atoms. The fourth-order valence-corrected chi connectivity index (χ4v) is 2.50. The van der Waals surface area contributed by atoms with E-state index in [9.17, 15) is 19.5 Å². The van der Waals surface area contributed by atoms with E-state index in [1.165, 1.54) is 11.8 Å². The summed E-state index contributed by atoms with van der Waals surface area (Å²) in [5.41, 5.74) is -1.19. The van der Waals surface area contributed by atoms with Gasteiger partial charge in [-0.05, 0) is 26.2 Å². The third-order valence-electron chi connectivity index (χ3n) is 4.16. The first kappa shape index (κ1) is 16.6. The molecule has 0 radical (unpaired) electrons. The molecule has 0 saturated carbocycles. The van der Waals surface area contributed by atoms with Crippen LogP contribution in [-0.4, -0.2) is 45.4 Å². The molecule has 6 heteroatoms. The number of carbonyl (C=O) groups excluding carboxylic acids is 2. The quantitative estimate of drug-likeness (QED) is 0.685. The zero-order valence-corrected chi connectivity index (χ0v) is 12.6. The lowest BCUT2D eigenvalue weighted by Gasteiger charge is -2.29. The molecule has 0 aliphatic carbocycles. The molecule has 1 saturated heterocycles. The van der Waals surface area contributed by atoms with Crippen LogP contribution in [0.15, 0.2) is 0 Å². The number of nitrogens with zero attached hydrogens (tertiary/aromatic N) is 1. The summed E-state index contributed by atoms with van der Waals surface area (Å²) >= 11 is 0. The summed E-state index contributed by atoms with van der Waals surface area (Å²) in [5, 5.41) is 12.1. The summed E-state index contributed by atoms with van der Waals surface area (Å²) in [5.74, 6) is -1.53. The summed E-state index contributed by atoms with van der Waals surface area (Å²) in [6.07, 6.45) is 1.80. The molecule has 6 nitrogen and oxygen atoms in total. The Morgan fingerprint density at radius 2 is 1.95 bits per heavy atom. The molecule has 1 aliphatic rings. The van der Waals surface area contributed by atoms with E-state index in [0.29, 0.717) is 19.3 Å². The Bertz CT molecular complexity index is 406. The minimum absolute atomic E-state index is 0.0399. The number of likely N-dealkylation sites (tertiary alicyclic amines) is 1. The number of amides is 2. The molecule has 114 valence electrons. The van der Waals surface area contributed by atoms with Gasteiger partial charge in [-0.2, -0.15) is 0 Å². The normalized spacial score (nSPS) is 22.4. The number of rotatable bonds is 7. The molecule has 2 N–H and O–H groups in total. The second kappa shape index (κ2) is 6.35. The topological polar surface area (TPSA) is 86.7 Å². The van der Waals surface area contributed by atoms with E-state index >= 15 is 0 Å². The molecule has 0 spiro atoms. The van der Waals surface area contributed by atoms with E-state index in [-0.39, 0.29) is 24.3 Å². The van der Waals surface area contributed by atoms with Crippen LogP contribution in [0.4, 0.5) is 0 Å². The van der Waals surface area contributed by atoms with Crippen molar-refractivity contribution in [3.8, 4) is 0 Å². The SMILES string of the molecule is CCC(CC)N1C(=O)CC(NC(C)(CC)C(=O)O)C1=O. The molecule has 1 heterocycles. The van der Waals surface area contributed by atoms with Crippen molar-refractivity contribution in [2.75, 3.05) is 0 Å². The van der Waals surface area contributed by atoms with Crippen LogP contribution in [0.1, 0.15) is 53.4 Å². The molecule has 2 unspecified atom stereocenters. The van der Waals surface area contributed by atoms with Crippen LogP contribution in [0.2, 0.25) is 0 Å². The van der Waals surface area contributed by atoms with Gasteiger partial charge in [0.05, 0.1) is 12.5 Å². The lowest BCUT2D eigenvalue weighted by atomic mass is 9.97. The Hall–Kier alpha value is -1.43. The molecule has 1 aliphatic heterocycles. The van der Waals surface area contributed by atoms with Crippen molar-refractivity contribution in [1.82, 2.24) is 10.2 Å². The summed E-state index contributed by atoms with van der Waals surface area (Å²) < 4.78 is 0. The molecule has 2 amide bonds. The van der Waals surface area contributed by atoms with E-state index < -0.39 is 17.6 Å². The fraction of sp³-hybridized carbons (Fsp3) is 0.786. The molecular weight excluding hydrogens is 260 g/mol.